The fraction of sp³-hybridized carbons (Fsp3) is 0.800. The summed E-state index contributed by atoms with van der Waals surface area (Å²) >= 11 is 0.548. The van der Waals surface area contributed by atoms with Gasteiger partial charge in [-0.05, 0) is 34.6 Å². The van der Waals surface area contributed by atoms with E-state index < -0.39 is 28.5 Å². The molecule has 7 nitrogen and oxygen atoms in total. The van der Waals surface area contributed by atoms with Crippen molar-refractivity contribution in [3.63, 3.8) is 0 Å². The van der Waals surface area contributed by atoms with Crippen LogP contribution in [0.15, 0.2) is 4.58 Å². The minimum Gasteiger partial charge on any atom is -0.480 e. The number of nitrogens with one attached hydrogen (secondary N) is 1. The van der Waals surface area contributed by atoms with Crippen LogP contribution < -0.4 is 5.32 Å². The Balaban J connectivity index is 4.80. The van der Waals surface area contributed by atoms with Crippen LogP contribution in [0.4, 0.5) is 4.79 Å². The Labute approximate surface area is 110 Å². The first-order chi connectivity index (χ1) is 7.99. The van der Waals surface area contributed by atoms with Crippen LogP contribution in [-0.2, 0) is 9.53 Å². The van der Waals surface area contributed by atoms with Gasteiger partial charge >= 0.3 is 12.1 Å². The number of ether oxygens (including phenoxy) is 1. The van der Waals surface area contributed by atoms with Gasteiger partial charge in [-0.3, -0.25) is 0 Å². The quantitative estimate of drug-likeness (QED) is 0.589. The summed E-state index contributed by atoms with van der Waals surface area (Å²) in [6.07, 6.45) is -0.852. The lowest BCUT2D eigenvalue weighted by molar-refractivity contribution is -0.140. The van der Waals surface area contributed by atoms with Gasteiger partial charge in [-0.2, -0.15) is 0 Å². The van der Waals surface area contributed by atoms with E-state index in [2.05, 4.69) is 9.90 Å². The Bertz CT molecular complexity index is 338. The summed E-state index contributed by atoms with van der Waals surface area (Å²) in [5, 5.41) is 11.3. The van der Waals surface area contributed by atoms with Gasteiger partial charge in [0.2, 0.25) is 0 Å². The molecule has 0 bridgehead atoms. The molecular formula is C10H18N2O5S. The normalized spacial score (nSPS) is 13.6. The fourth-order valence-electron chi connectivity index (χ4n) is 1.11. The molecule has 0 spiro atoms. The minimum absolute atomic E-state index is 0.548. The van der Waals surface area contributed by atoms with Crippen LogP contribution in [0.1, 0.15) is 34.6 Å². The first kappa shape index (κ1) is 16.7. The Hall–Kier alpha value is -1.31. The molecule has 0 saturated carbocycles. The number of alkyl carbamates (subject to hydrolysis) is 1. The van der Waals surface area contributed by atoms with Crippen LogP contribution >= 0.6 is 11.9 Å². The molecule has 0 rings (SSSR count). The average molecular weight is 278 g/mol. The van der Waals surface area contributed by atoms with Crippen molar-refractivity contribution < 1.29 is 19.4 Å². The number of rotatable bonds is 5. The molecule has 0 aliphatic rings. The standard InChI is InChI=1S/C10H18N2O5S/c1-9(2,3)17-8(15)11-6(7(13)14)10(4,5)18-12-16/h6H,1-5H3,(H,11,15)(H,13,14)/t6-/m1/s1. The molecule has 0 aromatic heterocycles. The maximum absolute atomic E-state index is 11.5. The van der Waals surface area contributed by atoms with Crippen molar-refractivity contribution in [2.75, 3.05) is 0 Å². The summed E-state index contributed by atoms with van der Waals surface area (Å²) in [4.78, 5) is 32.8. The third kappa shape index (κ3) is 5.85. The van der Waals surface area contributed by atoms with Gasteiger partial charge in [0, 0.05) is 16.5 Å². The molecule has 0 fully saturated rings. The number of amides is 1. The number of carboxylic acid groups (broad SMARTS) is 1. The summed E-state index contributed by atoms with van der Waals surface area (Å²) in [5.41, 5.74) is -0.729. The molecule has 0 saturated heterocycles. The van der Waals surface area contributed by atoms with E-state index in [9.17, 15) is 14.5 Å². The van der Waals surface area contributed by atoms with Gasteiger partial charge in [0.15, 0.2) is 0 Å². The number of carbonyl (C=O) groups excluding carboxylic acids is 1. The smallest absolute Gasteiger partial charge is 0.408 e. The molecule has 1 amide bonds. The van der Waals surface area contributed by atoms with E-state index in [4.69, 9.17) is 9.84 Å². The first-order valence-electron chi connectivity index (χ1n) is 5.23. The summed E-state index contributed by atoms with van der Waals surface area (Å²) in [6, 6.07) is -1.28. The van der Waals surface area contributed by atoms with E-state index in [1.54, 1.807) is 20.8 Å². The van der Waals surface area contributed by atoms with Gasteiger partial charge in [0.1, 0.15) is 11.6 Å². The molecule has 0 radical (unpaired) electrons. The predicted octanol–water partition coefficient (Wildman–Crippen LogP) is 2.16. The van der Waals surface area contributed by atoms with E-state index in [0.29, 0.717) is 11.9 Å². The van der Waals surface area contributed by atoms with Gasteiger partial charge in [0.05, 0.1) is 4.75 Å². The van der Waals surface area contributed by atoms with E-state index in [1.807, 2.05) is 0 Å². The second kappa shape index (κ2) is 6.03. The third-order valence-electron chi connectivity index (χ3n) is 1.88. The second-order valence-corrected chi connectivity index (χ2v) is 6.57. The lowest BCUT2D eigenvalue weighted by Gasteiger charge is -2.29. The van der Waals surface area contributed by atoms with Crippen molar-refractivity contribution in [3.05, 3.63) is 4.91 Å². The van der Waals surface area contributed by atoms with Gasteiger partial charge in [-0.25, -0.2) is 9.59 Å². The first-order valence-corrected chi connectivity index (χ1v) is 6.00. The molecular weight excluding hydrogens is 260 g/mol. The minimum atomic E-state index is -1.28. The second-order valence-electron chi connectivity index (χ2n) is 5.19. The molecule has 0 heterocycles. The summed E-state index contributed by atoms with van der Waals surface area (Å²) in [6.45, 7) is 7.98. The monoisotopic (exact) mass is 278 g/mol. The number of carbonyl (C=O) groups is 2. The van der Waals surface area contributed by atoms with Crippen LogP contribution in [-0.4, -0.2) is 33.6 Å². The molecule has 2 N–H and O–H groups in total. The van der Waals surface area contributed by atoms with Gasteiger partial charge in [0.25, 0.3) is 0 Å². The molecule has 0 aliphatic carbocycles. The lowest BCUT2D eigenvalue weighted by atomic mass is 10.0. The van der Waals surface area contributed by atoms with Crippen molar-refractivity contribution in [3.8, 4) is 0 Å². The van der Waals surface area contributed by atoms with Crippen molar-refractivity contribution in [1.82, 2.24) is 5.32 Å². The largest absolute Gasteiger partial charge is 0.480 e. The highest BCUT2D eigenvalue weighted by atomic mass is 32.2. The average Bonchev–Trinajstić information content (AvgIpc) is 2.10. The van der Waals surface area contributed by atoms with Crippen molar-refractivity contribution in [2.45, 2.75) is 51.0 Å². The van der Waals surface area contributed by atoms with E-state index in [1.165, 1.54) is 13.8 Å². The Kier molecular flexibility index (Phi) is 5.59. The van der Waals surface area contributed by atoms with Crippen molar-refractivity contribution in [2.24, 2.45) is 4.58 Å². The zero-order valence-corrected chi connectivity index (χ0v) is 11.8. The fourth-order valence-corrected chi connectivity index (χ4v) is 1.56. The molecule has 18 heavy (non-hydrogen) atoms. The highest BCUT2D eigenvalue weighted by molar-refractivity contribution is 7.99. The predicted molar refractivity (Wildman–Crippen MR) is 68.3 cm³/mol. The molecule has 104 valence electrons. The molecule has 0 unspecified atom stereocenters. The number of aliphatic carboxylic acids is 1. The number of nitrogens with zero attached hydrogens (tertiary/aromatic N) is 1. The van der Waals surface area contributed by atoms with Crippen LogP contribution in [0.3, 0.4) is 0 Å². The van der Waals surface area contributed by atoms with Crippen LogP contribution in [0, 0.1) is 4.91 Å². The Morgan fingerprint density at radius 1 is 1.28 bits per heavy atom. The van der Waals surface area contributed by atoms with Gasteiger partial charge in [-0.1, -0.05) is 0 Å². The Morgan fingerprint density at radius 3 is 2.11 bits per heavy atom. The number of nitroso groups, excluding NO2 is 1. The molecule has 0 aromatic rings. The van der Waals surface area contributed by atoms with E-state index in [-0.39, 0.29) is 0 Å². The zero-order chi connectivity index (χ0) is 14.6. The van der Waals surface area contributed by atoms with Crippen molar-refractivity contribution >= 4 is 24.0 Å². The maximum Gasteiger partial charge on any atom is 0.408 e. The SMILES string of the molecule is CC(C)(C)OC(=O)N[C@H](C(=O)O)C(C)(C)SN=O. The molecule has 8 heteroatoms. The molecule has 1 atom stereocenters. The highest BCUT2D eigenvalue weighted by Gasteiger charge is 2.39. The third-order valence-corrected chi connectivity index (χ3v) is 2.66. The lowest BCUT2D eigenvalue weighted by Crippen LogP contribution is -2.53. The number of hydrogen-bond acceptors (Lipinski definition) is 6. The summed E-state index contributed by atoms with van der Waals surface area (Å²) in [5.74, 6) is -1.26. The maximum atomic E-state index is 11.5. The topological polar surface area (TPSA) is 105 Å². The van der Waals surface area contributed by atoms with E-state index in [0.717, 1.165) is 0 Å². The Morgan fingerprint density at radius 2 is 1.78 bits per heavy atom. The molecule has 0 aromatic carbocycles. The van der Waals surface area contributed by atoms with Crippen molar-refractivity contribution in [1.29, 1.82) is 0 Å². The van der Waals surface area contributed by atoms with Crippen LogP contribution in [0.25, 0.3) is 0 Å². The van der Waals surface area contributed by atoms with Gasteiger partial charge < -0.3 is 15.2 Å². The van der Waals surface area contributed by atoms with Gasteiger partial charge in [-0.15, -0.1) is 4.91 Å². The zero-order valence-electron chi connectivity index (χ0n) is 11.0. The highest BCUT2D eigenvalue weighted by Crippen LogP contribution is 2.29. The summed E-state index contributed by atoms with van der Waals surface area (Å²) < 4.78 is 6.49. The summed E-state index contributed by atoms with van der Waals surface area (Å²) in [7, 11) is 0. The van der Waals surface area contributed by atoms with Crippen LogP contribution in [0.2, 0.25) is 0 Å². The number of carboxylic acids is 1. The van der Waals surface area contributed by atoms with Crippen LogP contribution in [0.5, 0.6) is 0 Å². The number of hydrogen-bond donors (Lipinski definition) is 2. The molecule has 0 aliphatic heterocycles. The van der Waals surface area contributed by atoms with E-state index >= 15 is 0 Å².